The Morgan fingerprint density at radius 2 is 2.10 bits per heavy atom. The van der Waals surface area contributed by atoms with E-state index in [9.17, 15) is 0 Å². The minimum Gasteiger partial charge on any atom is -0.155 e. The van der Waals surface area contributed by atoms with Gasteiger partial charge in [0.25, 0.3) is 0 Å². The molecule has 4 heteroatoms. The van der Waals surface area contributed by atoms with Crippen molar-refractivity contribution in [2.45, 2.75) is 11.9 Å². The molecule has 1 heterocycles. The van der Waals surface area contributed by atoms with Gasteiger partial charge in [-0.1, -0.05) is 10.8 Å². The highest BCUT2D eigenvalue weighted by atomic mass is 33.1. The lowest BCUT2D eigenvalue weighted by Crippen LogP contribution is -1.85. The van der Waals surface area contributed by atoms with Crippen LogP contribution in [0.5, 0.6) is 0 Å². The van der Waals surface area contributed by atoms with E-state index in [1.165, 1.54) is 0 Å². The van der Waals surface area contributed by atoms with Crippen LogP contribution in [0.3, 0.4) is 0 Å². The van der Waals surface area contributed by atoms with Gasteiger partial charge in [-0.05, 0) is 36.1 Å². The Morgan fingerprint density at radius 1 is 1.30 bits per heavy atom. The van der Waals surface area contributed by atoms with Gasteiger partial charge in [-0.2, -0.15) is 5.10 Å². The van der Waals surface area contributed by atoms with Crippen molar-refractivity contribution in [3.63, 3.8) is 0 Å². The molecule has 0 atom stereocenters. The van der Waals surface area contributed by atoms with Crippen molar-refractivity contribution in [3.8, 4) is 0 Å². The lowest BCUT2D eigenvalue weighted by Gasteiger charge is -1.93. The Balaban J connectivity index is 2.69. The van der Waals surface area contributed by atoms with Gasteiger partial charge in [0, 0.05) is 0 Å². The molecule has 1 aromatic heterocycles. The van der Waals surface area contributed by atoms with Crippen LogP contribution < -0.4 is 0 Å². The van der Waals surface area contributed by atoms with Crippen LogP contribution >= 0.6 is 21.6 Å². The predicted octanol–water partition coefficient (Wildman–Crippen LogP) is 2.16. The number of nitrogens with zero attached hydrogens (tertiary/aromatic N) is 2. The van der Waals surface area contributed by atoms with Crippen molar-refractivity contribution in [2.75, 3.05) is 6.26 Å². The fourth-order valence-electron chi connectivity index (χ4n) is 0.517. The van der Waals surface area contributed by atoms with Crippen LogP contribution in [0, 0.1) is 6.92 Å². The summed E-state index contributed by atoms with van der Waals surface area (Å²) in [7, 11) is 3.30. The zero-order valence-electron chi connectivity index (χ0n) is 5.87. The van der Waals surface area contributed by atoms with Gasteiger partial charge in [0.1, 0.15) is 5.03 Å². The monoisotopic (exact) mass is 172 g/mol. The molecule has 2 nitrogen and oxygen atoms in total. The highest BCUT2D eigenvalue weighted by Gasteiger charge is 1.92. The average Bonchev–Trinajstić information content (AvgIpc) is 1.95. The Kier molecular flexibility index (Phi) is 3.02. The average molecular weight is 172 g/mol. The van der Waals surface area contributed by atoms with Crippen molar-refractivity contribution in [1.82, 2.24) is 10.2 Å². The molecule has 0 aliphatic heterocycles. The maximum Gasteiger partial charge on any atom is 0.129 e. The van der Waals surface area contributed by atoms with Crippen LogP contribution in [0.15, 0.2) is 17.2 Å². The molecule has 0 aliphatic rings. The van der Waals surface area contributed by atoms with Crippen molar-refractivity contribution >= 4 is 21.6 Å². The second kappa shape index (κ2) is 3.83. The first-order valence-electron chi connectivity index (χ1n) is 2.84. The minimum absolute atomic E-state index is 0.963. The van der Waals surface area contributed by atoms with Crippen molar-refractivity contribution in [3.05, 3.63) is 17.8 Å². The van der Waals surface area contributed by atoms with E-state index in [1.807, 2.05) is 25.3 Å². The molecule has 0 aromatic carbocycles. The van der Waals surface area contributed by atoms with Gasteiger partial charge in [-0.25, -0.2) is 0 Å². The molecule has 54 valence electrons. The molecule has 0 saturated carbocycles. The van der Waals surface area contributed by atoms with Gasteiger partial charge in [-0.15, -0.1) is 5.10 Å². The van der Waals surface area contributed by atoms with E-state index < -0.39 is 0 Å². The summed E-state index contributed by atoms with van der Waals surface area (Å²) in [5.41, 5.74) is 0.963. The molecular formula is C6H8N2S2. The summed E-state index contributed by atoms with van der Waals surface area (Å²) in [5.74, 6) is 0. The first-order chi connectivity index (χ1) is 4.83. The number of hydrogen-bond donors (Lipinski definition) is 0. The first kappa shape index (κ1) is 7.88. The van der Waals surface area contributed by atoms with Gasteiger partial charge in [0.2, 0.25) is 0 Å². The third-order valence-electron chi connectivity index (χ3n) is 0.942. The number of hydrogen-bond acceptors (Lipinski definition) is 4. The maximum absolute atomic E-state index is 3.96. The van der Waals surface area contributed by atoms with Crippen molar-refractivity contribution < 1.29 is 0 Å². The van der Waals surface area contributed by atoms with E-state index in [2.05, 4.69) is 10.2 Å². The predicted molar refractivity (Wildman–Crippen MR) is 46.1 cm³/mol. The second-order valence-electron chi connectivity index (χ2n) is 1.76. The first-order valence-corrected chi connectivity index (χ1v) is 5.40. The highest BCUT2D eigenvalue weighted by Crippen LogP contribution is 2.25. The second-order valence-corrected chi connectivity index (χ2v) is 4.18. The topological polar surface area (TPSA) is 25.8 Å². The van der Waals surface area contributed by atoms with Gasteiger partial charge < -0.3 is 0 Å². The van der Waals surface area contributed by atoms with Gasteiger partial charge in [-0.3, -0.25) is 0 Å². The van der Waals surface area contributed by atoms with E-state index >= 15 is 0 Å². The fraction of sp³-hybridized carbons (Fsp3) is 0.333. The van der Waals surface area contributed by atoms with Crippen molar-refractivity contribution in [2.24, 2.45) is 0 Å². The largest absolute Gasteiger partial charge is 0.155 e. The van der Waals surface area contributed by atoms with Crippen LogP contribution in [0.25, 0.3) is 0 Å². The van der Waals surface area contributed by atoms with Crippen molar-refractivity contribution in [1.29, 1.82) is 0 Å². The standard InChI is InChI=1S/C6H8N2S2/c1-5-3-4-6(8-7-5)10-9-2/h3-4H,1-2H3. The van der Waals surface area contributed by atoms with Crippen LogP contribution in [-0.4, -0.2) is 16.5 Å². The SMILES string of the molecule is CSSc1ccc(C)nn1. The minimum atomic E-state index is 0.963. The normalized spacial score (nSPS) is 9.80. The summed E-state index contributed by atoms with van der Waals surface area (Å²) in [6.07, 6.45) is 2.02. The smallest absolute Gasteiger partial charge is 0.129 e. The molecule has 0 bridgehead atoms. The van der Waals surface area contributed by atoms with Crippen LogP contribution in [0.1, 0.15) is 5.69 Å². The molecule has 10 heavy (non-hydrogen) atoms. The lowest BCUT2D eigenvalue weighted by atomic mass is 10.4. The third-order valence-corrected chi connectivity index (χ3v) is 2.51. The molecule has 1 rings (SSSR count). The maximum atomic E-state index is 3.96. The molecule has 0 fully saturated rings. The van der Waals surface area contributed by atoms with E-state index in [4.69, 9.17) is 0 Å². The number of aryl methyl sites for hydroxylation is 1. The Bertz CT molecular complexity index is 197. The summed E-state index contributed by atoms with van der Waals surface area (Å²) >= 11 is 0. The summed E-state index contributed by atoms with van der Waals surface area (Å²) in [6, 6.07) is 3.94. The molecular weight excluding hydrogens is 164 g/mol. The zero-order chi connectivity index (χ0) is 7.40. The quantitative estimate of drug-likeness (QED) is 0.638. The molecule has 0 N–H and O–H groups in total. The van der Waals surface area contributed by atoms with E-state index in [0.29, 0.717) is 0 Å². The molecule has 0 radical (unpaired) electrons. The summed E-state index contributed by atoms with van der Waals surface area (Å²) < 4.78 is 0. The van der Waals surface area contributed by atoms with Crippen LogP contribution in [0.4, 0.5) is 0 Å². The Morgan fingerprint density at radius 3 is 2.60 bits per heavy atom. The molecule has 0 unspecified atom stereocenters. The van der Waals surface area contributed by atoms with Gasteiger partial charge in [0.15, 0.2) is 0 Å². The lowest BCUT2D eigenvalue weighted by molar-refractivity contribution is 0.898. The molecule has 0 amide bonds. The van der Waals surface area contributed by atoms with E-state index in [0.717, 1.165) is 10.7 Å². The van der Waals surface area contributed by atoms with Crippen LogP contribution in [0.2, 0.25) is 0 Å². The Labute approximate surface area is 68.2 Å². The van der Waals surface area contributed by atoms with Gasteiger partial charge >= 0.3 is 0 Å². The zero-order valence-corrected chi connectivity index (χ0v) is 7.50. The van der Waals surface area contributed by atoms with E-state index in [1.54, 1.807) is 21.6 Å². The molecule has 0 aliphatic carbocycles. The molecule has 0 spiro atoms. The fourth-order valence-corrected chi connectivity index (χ4v) is 1.66. The summed E-state index contributed by atoms with van der Waals surface area (Å²) in [4.78, 5) is 0. The summed E-state index contributed by atoms with van der Waals surface area (Å²) in [5, 5.41) is 8.84. The van der Waals surface area contributed by atoms with Crippen LogP contribution in [-0.2, 0) is 0 Å². The van der Waals surface area contributed by atoms with Gasteiger partial charge in [0.05, 0.1) is 5.69 Å². The summed E-state index contributed by atoms with van der Waals surface area (Å²) in [6.45, 7) is 1.93. The van der Waals surface area contributed by atoms with E-state index in [-0.39, 0.29) is 0 Å². The number of rotatable bonds is 2. The molecule has 1 aromatic rings. The Hall–Kier alpha value is -0.220. The highest BCUT2D eigenvalue weighted by molar-refractivity contribution is 8.76. The third kappa shape index (κ3) is 2.19. The number of aromatic nitrogens is 2. The molecule has 0 saturated heterocycles.